The molecule has 0 radical (unpaired) electrons. The molecule has 26 N–H and O–H groups in total. The number of rotatable bonds is 37. The molecule has 0 aliphatic carbocycles. The second-order valence-electron chi connectivity index (χ2n) is 18.0. The highest BCUT2D eigenvalue weighted by atomic mass is 16.4. The standard InChI is InChI=1S/C43H80N18O13/c1-20(2)31(39(71)54-22(5)33(65)58-27(18-30(47)64)38(70)59-28(19-62)41(73)74)61-37(69)25(12-9-17-53-43(50)51)56-35(67)24(11-8-16-52-42(48)49)55-36(68)26(13-14-29(46)63)57-40(72)32(21(3)4)60-34(66)23(45)10-6-7-15-44/h20-28,31-32,62H,6-19,44-45H2,1-5H3,(H2,46,63)(H2,47,64)(H,54,71)(H,55,68)(H,56,67)(H,57,72)(H,58,65)(H,59,70)(H,60,66)(H,61,69)(H,73,74)(H4,48,49,52)(H4,50,51,53)/t22-,23-,24-,25-,26-,27-,28-,31-,32-/m0/s1. The van der Waals surface area contributed by atoms with E-state index >= 15 is 0 Å². The summed E-state index contributed by atoms with van der Waals surface area (Å²) in [5.41, 5.74) is 44.1. The van der Waals surface area contributed by atoms with Crippen molar-refractivity contribution in [3.63, 3.8) is 0 Å². The number of aliphatic hydroxyl groups is 1. The van der Waals surface area contributed by atoms with E-state index in [4.69, 9.17) is 45.9 Å². The molecular weight excluding hydrogens is 977 g/mol. The number of hydrogen-bond acceptors (Lipinski definition) is 16. The van der Waals surface area contributed by atoms with E-state index in [-0.39, 0.29) is 63.5 Å². The van der Waals surface area contributed by atoms with Crippen LogP contribution in [0.3, 0.4) is 0 Å². The number of aliphatic hydroxyl groups excluding tert-OH is 1. The van der Waals surface area contributed by atoms with Gasteiger partial charge in [-0.1, -0.05) is 34.1 Å². The van der Waals surface area contributed by atoms with Crippen LogP contribution in [0.5, 0.6) is 0 Å². The zero-order valence-electron chi connectivity index (χ0n) is 42.6. The van der Waals surface area contributed by atoms with Gasteiger partial charge in [0.15, 0.2) is 11.9 Å². The highest BCUT2D eigenvalue weighted by Gasteiger charge is 2.36. The molecular formula is C43H80N18O13. The number of aliphatic imine (C=N–C) groups is 2. The summed E-state index contributed by atoms with van der Waals surface area (Å²) in [6.45, 7) is 6.88. The first-order valence-corrected chi connectivity index (χ1v) is 24.0. The maximum absolute atomic E-state index is 14.2. The third kappa shape index (κ3) is 26.9. The van der Waals surface area contributed by atoms with Crippen LogP contribution < -0.4 is 88.4 Å². The molecule has 9 atom stereocenters. The predicted octanol–water partition coefficient (Wildman–Crippen LogP) is -8.02. The van der Waals surface area contributed by atoms with Crippen molar-refractivity contribution >= 4 is 77.0 Å². The summed E-state index contributed by atoms with van der Waals surface area (Å²) in [5, 5.41) is 37.8. The fourth-order valence-corrected chi connectivity index (χ4v) is 6.66. The lowest BCUT2D eigenvalue weighted by atomic mass is 10.0. The molecule has 0 aromatic rings. The average Bonchev–Trinajstić information content (AvgIpc) is 3.30. The van der Waals surface area contributed by atoms with Gasteiger partial charge >= 0.3 is 5.97 Å². The number of nitrogens with one attached hydrogen (secondary N) is 8. The largest absolute Gasteiger partial charge is 0.480 e. The van der Waals surface area contributed by atoms with E-state index in [1.54, 1.807) is 27.7 Å². The Morgan fingerprint density at radius 2 is 0.865 bits per heavy atom. The van der Waals surface area contributed by atoms with Crippen molar-refractivity contribution in [3.05, 3.63) is 0 Å². The number of guanidine groups is 2. The molecule has 31 nitrogen and oxygen atoms in total. The molecule has 0 spiro atoms. The number of carbonyl (C=O) groups excluding carboxylic acids is 10. The smallest absolute Gasteiger partial charge is 0.328 e. The van der Waals surface area contributed by atoms with Crippen LogP contribution in [0.1, 0.15) is 98.8 Å². The first-order chi connectivity index (χ1) is 34.6. The van der Waals surface area contributed by atoms with Gasteiger partial charge in [0.05, 0.1) is 19.1 Å². The number of amides is 10. The van der Waals surface area contributed by atoms with Gasteiger partial charge in [-0.3, -0.25) is 57.9 Å². The van der Waals surface area contributed by atoms with Gasteiger partial charge in [0.1, 0.15) is 48.3 Å². The van der Waals surface area contributed by atoms with Crippen molar-refractivity contribution in [1.29, 1.82) is 0 Å². The highest BCUT2D eigenvalue weighted by Crippen LogP contribution is 2.11. The van der Waals surface area contributed by atoms with Crippen LogP contribution in [-0.4, -0.2) is 168 Å². The van der Waals surface area contributed by atoms with E-state index < -0.39 is 151 Å². The van der Waals surface area contributed by atoms with Gasteiger partial charge in [0, 0.05) is 19.5 Å². The van der Waals surface area contributed by atoms with Crippen molar-refractivity contribution < 1.29 is 63.0 Å². The summed E-state index contributed by atoms with van der Waals surface area (Å²) in [5.74, 6) is -12.7. The number of primary amides is 2. The maximum atomic E-state index is 14.2. The van der Waals surface area contributed by atoms with E-state index in [1.165, 1.54) is 6.92 Å². The Kier molecular flexibility index (Phi) is 31.4. The highest BCUT2D eigenvalue weighted by molar-refractivity contribution is 5.99. The van der Waals surface area contributed by atoms with Crippen LogP contribution in [0.2, 0.25) is 0 Å². The number of carbonyl (C=O) groups is 11. The summed E-state index contributed by atoms with van der Waals surface area (Å²) in [6, 6.07) is -13.0. The number of hydrogen-bond donors (Lipinski definition) is 18. The molecule has 0 fully saturated rings. The van der Waals surface area contributed by atoms with Crippen LogP contribution >= 0.6 is 0 Å². The number of unbranched alkanes of at least 4 members (excludes halogenated alkanes) is 1. The van der Waals surface area contributed by atoms with Gasteiger partial charge in [-0.2, -0.15) is 0 Å². The monoisotopic (exact) mass is 1060 g/mol. The minimum atomic E-state index is -1.79. The molecule has 10 amide bonds. The van der Waals surface area contributed by atoms with Crippen molar-refractivity contribution in [2.45, 2.75) is 153 Å². The maximum Gasteiger partial charge on any atom is 0.328 e. The molecule has 74 heavy (non-hydrogen) atoms. The molecule has 0 aromatic heterocycles. The van der Waals surface area contributed by atoms with Crippen LogP contribution in [-0.2, 0) is 52.7 Å². The van der Waals surface area contributed by atoms with Gasteiger partial charge in [0.25, 0.3) is 0 Å². The Hall–Kier alpha value is -7.41. The Morgan fingerprint density at radius 3 is 1.28 bits per heavy atom. The van der Waals surface area contributed by atoms with Crippen molar-refractivity contribution in [1.82, 2.24) is 42.5 Å². The van der Waals surface area contributed by atoms with Gasteiger partial charge in [-0.05, 0) is 70.3 Å². The lowest BCUT2D eigenvalue weighted by molar-refractivity contribution is -0.143. The Labute approximate surface area is 428 Å². The fourth-order valence-electron chi connectivity index (χ4n) is 6.66. The quantitative estimate of drug-likeness (QED) is 0.0156. The first-order valence-electron chi connectivity index (χ1n) is 24.0. The van der Waals surface area contributed by atoms with Crippen LogP contribution in [0, 0.1) is 11.8 Å². The zero-order valence-corrected chi connectivity index (χ0v) is 42.6. The normalized spacial score (nSPS) is 14.6. The lowest BCUT2D eigenvalue weighted by Crippen LogP contribution is -2.61. The number of carboxylic acid groups (broad SMARTS) is 1. The summed E-state index contributed by atoms with van der Waals surface area (Å²) in [4.78, 5) is 151. The summed E-state index contributed by atoms with van der Waals surface area (Å²) in [7, 11) is 0. The van der Waals surface area contributed by atoms with E-state index in [0.717, 1.165) is 0 Å². The fraction of sp³-hybridized carbons (Fsp3) is 0.698. The Bertz CT molecular complexity index is 1980. The SMILES string of the molecule is CC(C)[C@H](NC(=O)[C@H](CCCN=C(N)N)NC(=O)[C@H](CCCN=C(N)N)NC(=O)[C@H](CCC(N)=O)NC(=O)[C@@H](NC(=O)[C@@H](N)CCCCN)C(C)C)C(=O)N[C@@H](C)C(=O)N[C@@H](CC(N)=O)C(=O)N[C@@H](CO)C(=O)O. The lowest BCUT2D eigenvalue weighted by Gasteiger charge is -2.29. The predicted molar refractivity (Wildman–Crippen MR) is 268 cm³/mol. The molecule has 0 unspecified atom stereocenters. The second kappa shape index (κ2) is 34.9. The van der Waals surface area contributed by atoms with E-state index in [0.29, 0.717) is 19.4 Å². The minimum absolute atomic E-state index is 0.0214. The molecule has 0 aliphatic rings. The average molecular weight is 1060 g/mol. The van der Waals surface area contributed by atoms with E-state index in [9.17, 15) is 63.0 Å². The summed E-state index contributed by atoms with van der Waals surface area (Å²) in [6.07, 6.45) is -0.245. The van der Waals surface area contributed by atoms with E-state index in [2.05, 4.69) is 47.2 Å². The third-order valence-electron chi connectivity index (χ3n) is 10.9. The molecule has 31 heteroatoms. The number of carboxylic acids is 1. The molecule has 0 bridgehead atoms. The van der Waals surface area contributed by atoms with Gasteiger partial charge in [-0.15, -0.1) is 0 Å². The zero-order chi connectivity index (χ0) is 56.8. The van der Waals surface area contributed by atoms with Crippen molar-refractivity contribution in [3.8, 4) is 0 Å². The number of aliphatic carboxylic acids is 1. The summed E-state index contributed by atoms with van der Waals surface area (Å²) < 4.78 is 0. The number of nitrogens with two attached hydrogens (primary N) is 8. The topological polar surface area (TPSA) is 557 Å². The number of nitrogens with zero attached hydrogens (tertiary/aromatic N) is 2. The second-order valence-corrected chi connectivity index (χ2v) is 18.0. The van der Waals surface area contributed by atoms with Gasteiger partial charge in [-0.25, -0.2) is 4.79 Å². The van der Waals surface area contributed by atoms with Crippen LogP contribution in [0.25, 0.3) is 0 Å². The molecule has 420 valence electrons. The van der Waals surface area contributed by atoms with E-state index in [1.807, 2.05) is 5.32 Å². The molecule has 0 aliphatic heterocycles. The molecule has 0 heterocycles. The minimum Gasteiger partial charge on any atom is -0.480 e. The molecule has 0 saturated carbocycles. The molecule has 0 rings (SSSR count). The summed E-state index contributed by atoms with van der Waals surface area (Å²) >= 11 is 0. The van der Waals surface area contributed by atoms with Crippen molar-refractivity contribution in [2.75, 3.05) is 26.2 Å². The first kappa shape index (κ1) is 66.6. The Morgan fingerprint density at radius 1 is 0.459 bits per heavy atom. The molecule has 0 saturated heterocycles. The molecule has 0 aromatic carbocycles. The van der Waals surface area contributed by atoms with Crippen LogP contribution in [0.4, 0.5) is 0 Å². The van der Waals surface area contributed by atoms with Gasteiger partial charge < -0.3 is 98.6 Å². The van der Waals surface area contributed by atoms with Gasteiger partial charge in [0.2, 0.25) is 59.1 Å². The third-order valence-corrected chi connectivity index (χ3v) is 10.9. The van der Waals surface area contributed by atoms with Crippen molar-refractivity contribution in [2.24, 2.45) is 67.7 Å². The Balaban J connectivity index is 6.76. The van der Waals surface area contributed by atoms with Crippen LogP contribution in [0.15, 0.2) is 9.98 Å².